The average molecular weight is 158 g/mol. The minimum atomic E-state index is 0.307. The fourth-order valence-electron chi connectivity index (χ4n) is 2.16. The lowest BCUT2D eigenvalue weighted by molar-refractivity contribution is 0.242. The Morgan fingerprint density at radius 3 is 3.00 bits per heavy atom. The summed E-state index contributed by atoms with van der Waals surface area (Å²) in [4.78, 5) is 0. The van der Waals surface area contributed by atoms with Gasteiger partial charge >= 0.3 is 0 Å². The standard InChI is InChI=1S/C8H14OS/c1-6(10)5-8-4-2-3-7(8)9-8/h6-7,10H,2-5H2,1H3. The number of fused-ring (bicyclic) bond motifs is 1. The second kappa shape index (κ2) is 2.15. The summed E-state index contributed by atoms with van der Waals surface area (Å²) in [6.07, 6.45) is 5.71. The molecule has 10 heavy (non-hydrogen) atoms. The van der Waals surface area contributed by atoms with Crippen LogP contribution >= 0.6 is 12.6 Å². The molecule has 0 aromatic rings. The molecule has 1 nitrogen and oxygen atoms in total. The topological polar surface area (TPSA) is 12.5 Å². The van der Waals surface area contributed by atoms with Gasteiger partial charge < -0.3 is 4.74 Å². The van der Waals surface area contributed by atoms with Crippen molar-refractivity contribution in [3.63, 3.8) is 0 Å². The third-order valence-corrected chi connectivity index (χ3v) is 2.80. The highest BCUT2D eigenvalue weighted by atomic mass is 32.1. The van der Waals surface area contributed by atoms with Crippen molar-refractivity contribution in [3.8, 4) is 0 Å². The number of thiol groups is 1. The molecule has 0 spiro atoms. The van der Waals surface area contributed by atoms with Crippen molar-refractivity contribution in [1.29, 1.82) is 0 Å². The molecule has 2 fully saturated rings. The molecule has 0 bridgehead atoms. The Hall–Kier alpha value is 0.310. The summed E-state index contributed by atoms with van der Waals surface area (Å²) in [5.74, 6) is 0. The van der Waals surface area contributed by atoms with Crippen molar-refractivity contribution in [2.24, 2.45) is 0 Å². The Balaban J connectivity index is 1.93. The molecule has 0 aromatic carbocycles. The fourth-order valence-corrected chi connectivity index (χ4v) is 2.47. The Kier molecular flexibility index (Phi) is 1.50. The Labute approximate surface area is 67.6 Å². The van der Waals surface area contributed by atoms with Crippen LogP contribution in [0.4, 0.5) is 0 Å². The van der Waals surface area contributed by atoms with E-state index < -0.39 is 0 Å². The largest absolute Gasteiger partial charge is 0.366 e. The quantitative estimate of drug-likeness (QED) is 0.479. The first-order chi connectivity index (χ1) is 4.73. The predicted octanol–water partition coefficient (Wildman–Crippen LogP) is 2.02. The SMILES string of the molecule is CC(S)CC12CCCC1O2. The van der Waals surface area contributed by atoms with Gasteiger partial charge in [0.05, 0.1) is 11.7 Å². The zero-order valence-corrected chi connectivity index (χ0v) is 7.23. The van der Waals surface area contributed by atoms with Crippen LogP contribution in [0.2, 0.25) is 0 Å². The van der Waals surface area contributed by atoms with Gasteiger partial charge in [-0.15, -0.1) is 0 Å². The van der Waals surface area contributed by atoms with Crippen molar-refractivity contribution in [1.82, 2.24) is 0 Å². The molecule has 1 saturated heterocycles. The first-order valence-electron chi connectivity index (χ1n) is 4.09. The molecule has 0 N–H and O–H groups in total. The first-order valence-corrected chi connectivity index (χ1v) is 4.60. The normalized spacial score (nSPS) is 46.8. The summed E-state index contributed by atoms with van der Waals surface area (Å²) in [6.45, 7) is 2.15. The molecule has 1 aliphatic carbocycles. The van der Waals surface area contributed by atoms with Gasteiger partial charge in [-0.2, -0.15) is 12.6 Å². The molecule has 1 saturated carbocycles. The van der Waals surface area contributed by atoms with Gasteiger partial charge in [-0.1, -0.05) is 6.92 Å². The number of hydrogen-bond donors (Lipinski definition) is 1. The van der Waals surface area contributed by atoms with Crippen molar-refractivity contribution in [3.05, 3.63) is 0 Å². The summed E-state index contributed by atoms with van der Waals surface area (Å²) in [6, 6.07) is 0. The highest BCUT2D eigenvalue weighted by Gasteiger charge is 2.58. The van der Waals surface area contributed by atoms with Crippen LogP contribution in [-0.4, -0.2) is 17.0 Å². The zero-order valence-electron chi connectivity index (χ0n) is 6.34. The molecule has 58 valence electrons. The maximum absolute atomic E-state index is 5.60. The van der Waals surface area contributed by atoms with E-state index in [1.807, 2.05) is 0 Å². The van der Waals surface area contributed by atoms with Crippen LogP contribution < -0.4 is 0 Å². The van der Waals surface area contributed by atoms with Gasteiger partial charge in [-0.3, -0.25) is 0 Å². The van der Waals surface area contributed by atoms with Gasteiger partial charge in [0, 0.05) is 5.25 Å². The van der Waals surface area contributed by atoms with Gasteiger partial charge in [0.2, 0.25) is 0 Å². The van der Waals surface area contributed by atoms with Crippen molar-refractivity contribution in [2.75, 3.05) is 0 Å². The van der Waals surface area contributed by atoms with Gasteiger partial charge in [-0.05, 0) is 25.7 Å². The Bertz CT molecular complexity index is 146. The summed E-state index contributed by atoms with van der Waals surface area (Å²) in [5.41, 5.74) is 0.307. The minimum absolute atomic E-state index is 0.307. The summed E-state index contributed by atoms with van der Waals surface area (Å²) >= 11 is 4.37. The Morgan fingerprint density at radius 2 is 2.60 bits per heavy atom. The van der Waals surface area contributed by atoms with Crippen molar-refractivity contribution < 1.29 is 4.74 Å². The lowest BCUT2D eigenvalue weighted by atomic mass is 10.0. The summed E-state index contributed by atoms with van der Waals surface area (Å²) in [5, 5.41) is 0.503. The van der Waals surface area contributed by atoms with Gasteiger partial charge in [0.1, 0.15) is 0 Å². The molecular weight excluding hydrogens is 144 g/mol. The number of rotatable bonds is 2. The summed E-state index contributed by atoms with van der Waals surface area (Å²) < 4.78 is 5.60. The predicted molar refractivity (Wildman–Crippen MR) is 44.5 cm³/mol. The average Bonchev–Trinajstić information content (AvgIpc) is 2.33. The molecule has 2 rings (SSSR count). The molecule has 0 amide bonds. The van der Waals surface area contributed by atoms with E-state index in [2.05, 4.69) is 19.6 Å². The van der Waals surface area contributed by atoms with E-state index in [0.29, 0.717) is 17.0 Å². The van der Waals surface area contributed by atoms with Crippen molar-refractivity contribution >= 4 is 12.6 Å². The third kappa shape index (κ3) is 0.978. The van der Waals surface area contributed by atoms with Crippen LogP contribution in [0, 0.1) is 0 Å². The second-order valence-electron chi connectivity index (χ2n) is 3.62. The van der Waals surface area contributed by atoms with Crippen LogP contribution in [-0.2, 0) is 4.74 Å². The molecule has 0 aromatic heterocycles. The van der Waals surface area contributed by atoms with Gasteiger partial charge in [-0.25, -0.2) is 0 Å². The molecule has 1 aliphatic heterocycles. The van der Waals surface area contributed by atoms with E-state index in [1.165, 1.54) is 19.3 Å². The number of ether oxygens (including phenoxy) is 1. The number of hydrogen-bond acceptors (Lipinski definition) is 2. The van der Waals surface area contributed by atoms with E-state index in [4.69, 9.17) is 4.74 Å². The highest BCUT2D eigenvalue weighted by Crippen LogP contribution is 2.52. The molecule has 3 atom stereocenters. The molecule has 2 heteroatoms. The van der Waals surface area contributed by atoms with Gasteiger partial charge in [0.25, 0.3) is 0 Å². The molecule has 1 heterocycles. The summed E-state index contributed by atoms with van der Waals surface area (Å²) in [7, 11) is 0. The number of epoxide rings is 1. The second-order valence-corrected chi connectivity index (χ2v) is 4.50. The monoisotopic (exact) mass is 158 g/mol. The van der Waals surface area contributed by atoms with Gasteiger partial charge in [0.15, 0.2) is 0 Å². The lowest BCUT2D eigenvalue weighted by Gasteiger charge is -2.09. The van der Waals surface area contributed by atoms with Crippen molar-refractivity contribution in [2.45, 2.75) is 49.6 Å². The van der Waals surface area contributed by atoms with Crippen LogP contribution in [0.25, 0.3) is 0 Å². The lowest BCUT2D eigenvalue weighted by Crippen LogP contribution is -2.14. The molecule has 0 radical (unpaired) electrons. The molecule has 3 unspecified atom stereocenters. The van der Waals surface area contributed by atoms with Crippen LogP contribution in [0.1, 0.15) is 32.6 Å². The van der Waals surface area contributed by atoms with Crippen LogP contribution in [0.5, 0.6) is 0 Å². The Morgan fingerprint density at radius 1 is 1.80 bits per heavy atom. The first kappa shape index (κ1) is 6.99. The minimum Gasteiger partial charge on any atom is -0.366 e. The van der Waals surface area contributed by atoms with E-state index in [1.54, 1.807) is 0 Å². The van der Waals surface area contributed by atoms with Crippen LogP contribution in [0.3, 0.4) is 0 Å². The van der Waals surface area contributed by atoms with E-state index in [9.17, 15) is 0 Å². The maximum atomic E-state index is 5.60. The smallest absolute Gasteiger partial charge is 0.0958 e. The third-order valence-electron chi connectivity index (χ3n) is 2.61. The van der Waals surface area contributed by atoms with E-state index >= 15 is 0 Å². The van der Waals surface area contributed by atoms with Crippen LogP contribution in [0.15, 0.2) is 0 Å². The van der Waals surface area contributed by atoms with E-state index in [0.717, 1.165) is 6.42 Å². The zero-order chi connectivity index (χ0) is 7.19. The maximum Gasteiger partial charge on any atom is 0.0958 e. The highest BCUT2D eigenvalue weighted by molar-refractivity contribution is 7.80. The fraction of sp³-hybridized carbons (Fsp3) is 1.00. The molecule has 2 aliphatic rings. The molecular formula is C8H14OS. The van der Waals surface area contributed by atoms with E-state index in [-0.39, 0.29) is 0 Å².